The van der Waals surface area contributed by atoms with E-state index in [1.165, 1.54) is 19.3 Å². The monoisotopic (exact) mass is 289 g/mol. The SMILES string of the molecule is O=C(O)CCSSCCNC(=O)C1C2CCCC21. The average molecular weight is 289 g/mol. The molecular weight excluding hydrogens is 270 g/mol. The van der Waals surface area contributed by atoms with Crippen LogP contribution in [0.2, 0.25) is 0 Å². The number of carbonyl (C=O) groups excluding carboxylic acids is 1. The Balaban J connectivity index is 1.44. The third-order valence-electron chi connectivity index (χ3n) is 3.68. The molecule has 2 rings (SSSR count). The Bertz CT molecular complexity index is 314. The van der Waals surface area contributed by atoms with E-state index in [-0.39, 0.29) is 12.3 Å². The van der Waals surface area contributed by atoms with Crippen molar-refractivity contribution in [2.45, 2.75) is 25.7 Å². The molecule has 2 aliphatic carbocycles. The van der Waals surface area contributed by atoms with Crippen molar-refractivity contribution in [3.8, 4) is 0 Å². The third-order valence-corrected chi connectivity index (χ3v) is 6.08. The van der Waals surface area contributed by atoms with Gasteiger partial charge in [-0.2, -0.15) is 0 Å². The predicted molar refractivity (Wildman–Crippen MR) is 74.5 cm³/mol. The van der Waals surface area contributed by atoms with E-state index in [4.69, 9.17) is 5.11 Å². The zero-order valence-corrected chi connectivity index (χ0v) is 11.9. The molecule has 6 heteroatoms. The summed E-state index contributed by atoms with van der Waals surface area (Å²) in [6.45, 7) is 0.694. The van der Waals surface area contributed by atoms with Crippen LogP contribution >= 0.6 is 21.6 Å². The Labute approximate surface area is 115 Å². The first-order chi connectivity index (χ1) is 8.70. The molecular formula is C12H19NO3S2. The predicted octanol–water partition coefficient (Wildman–Crippen LogP) is 2.00. The first-order valence-corrected chi connectivity index (χ1v) is 8.93. The third kappa shape index (κ3) is 3.82. The quantitative estimate of drug-likeness (QED) is 0.528. The number of hydrogen-bond acceptors (Lipinski definition) is 4. The van der Waals surface area contributed by atoms with Crippen LogP contribution in [-0.4, -0.2) is 35.0 Å². The number of carboxylic acids is 1. The topological polar surface area (TPSA) is 66.4 Å². The van der Waals surface area contributed by atoms with Gasteiger partial charge in [0.1, 0.15) is 0 Å². The summed E-state index contributed by atoms with van der Waals surface area (Å²) in [6.07, 6.45) is 3.98. The summed E-state index contributed by atoms with van der Waals surface area (Å²) in [6, 6.07) is 0. The van der Waals surface area contributed by atoms with Crippen LogP contribution in [0.15, 0.2) is 0 Å². The van der Waals surface area contributed by atoms with Crippen molar-refractivity contribution in [2.75, 3.05) is 18.1 Å². The molecule has 0 radical (unpaired) electrons. The van der Waals surface area contributed by atoms with Crippen LogP contribution in [0, 0.1) is 17.8 Å². The molecule has 0 spiro atoms. The highest BCUT2D eigenvalue weighted by molar-refractivity contribution is 8.76. The fraction of sp³-hybridized carbons (Fsp3) is 0.833. The minimum atomic E-state index is -0.753. The van der Waals surface area contributed by atoms with E-state index in [1.807, 2.05) is 0 Å². The van der Waals surface area contributed by atoms with Crippen molar-refractivity contribution in [2.24, 2.45) is 17.8 Å². The van der Waals surface area contributed by atoms with Crippen LogP contribution in [0.25, 0.3) is 0 Å². The highest BCUT2D eigenvalue weighted by Gasteiger charge is 2.56. The van der Waals surface area contributed by atoms with Gasteiger partial charge in [-0.3, -0.25) is 9.59 Å². The lowest BCUT2D eigenvalue weighted by Crippen LogP contribution is -2.28. The van der Waals surface area contributed by atoms with Crippen LogP contribution in [0.3, 0.4) is 0 Å². The second-order valence-corrected chi connectivity index (χ2v) is 7.57. The minimum absolute atomic E-state index is 0.204. The van der Waals surface area contributed by atoms with Crippen molar-refractivity contribution in [1.29, 1.82) is 0 Å². The van der Waals surface area contributed by atoms with E-state index >= 15 is 0 Å². The fourth-order valence-corrected chi connectivity index (χ4v) is 4.68. The van der Waals surface area contributed by atoms with Crippen molar-refractivity contribution in [3.63, 3.8) is 0 Å². The van der Waals surface area contributed by atoms with Gasteiger partial charge in [0.05, 0.1) is 6.42 Å². The summed E-state index contributed by atoms with van der Waals surface area (Å²) in [5.74, 6) is 2.63. The van der Waals surface area contributed by atoms with E-state index in [9.17, 15) is 9.59 Å². The van der Waals surface area contributed by atoms with Crippen LogP contribution in [0.1, 0.15) is 25.7 Å². The molecule has 0 heterocycles. The lowest BCUT2D eigenvalue weighted by atomic mass is 10.1. The molecule has 0 aliphatic heterocycles. The Morgan fingerprint density at radius 3 is 2.50 bits per heavy atom. The lowest BCUT2D eigenvalue weighted by molar-refractivity contribution is -0.136. The molecule has 0 aromatic rings. The number of carbonyl (C=O) groups is 2. The Morgan fingerprint density at radius 2 is 1.83 bits per heavy atom. The van der Waals surface area contributed by atoms with Crippen molar-refractivity contribution in [1.82, 2.24) is 5.32 Å². The maximum Gasteiger partial charge on any atom is 0.304 e. The van der Waals surface area contributed by atoms with Gasteiger partial charge in [0, 0.05) is 24.0 Å². The maximum atomic E-state index is 11.8. The summed E-state index contributed by atoms with van der Waals surface area (Å²) in [4.78, 5) is 22.1. The van der Waals surface area contributed by atoms with Gasteiger partial charge >= 0.3 is 5.97 Å². The fourth-order valence-electron chi connectivity index (χ4n) is 2.79. The number of nitrogens with one attached hydrogen (secondary N) is 1. The van der Waals surface area contributed by atoms with Crippen LogP contribution in [0.4, 0.5) is 0 Å². The summed E-state index contributed by atoms with van der Waals surface area (Å²) >= 11 is 0. The normalized spacial score (nSPS) is 28.8. The molecule has 0 aromatic heterocycles. The zero-order valence-electron chi connectivity index (χ0n) is 10.3. The van der Waals surface area contributed by atoms with Gasteiger partial charge in [-0.1, -0.05) is 28.0 Å². The molecule has 4 nitrogen and oxygen atoms in total. The first-order valence-electron chi connectivity index (χ1n) is 6.44. The summed E-state index contributed by atoms with van der Waals surface area (Å²) < 4.78 is 0. The van der Waals surface area contributed by atoms with E-state index in [2.05, 4.69) is 5.32 Å². The average Bonchev–Trinajstić information content (AvgIpc) is 2.81. The maximum absolute atomic E-state index is 11.8. The number of carboxylic acid groups (broad SMARTS) is 1. The first kappa shape index (κ1) is 14.1. The molecule has 2 atom stereocenters. The molecule has 18 heavy (non-hydrogen) atoms. The van der Waals surface area contributed by atoms with Gasteiger partial charge in [0.15, 0.2) is 0 Å². The van der Waals surface area contributed by atoms with Crippen molar-refractivity contribution in [3.05, 3.63) is 0 Å². The van der Waals surface area contributed by atoms with Crippen molar-refractivity contribution < 1.29 is 14.7 Å². The van der Waals surface area contributed by atoms with Gasteiger partial charge < -0.3 is 10.4 Å². The van der Waals surface area contributed by atoms with Crippen molar-refractivity contribution >= 4 is 33.5 Å². The molecule has 102 valence electrons. The second-order valence-electron chi connectivity index (χ2n) is 4.86. The van der Waals surface area contributed by atoms with E-state index < -0.39 is 5.97 Å². The number of aliphatic carboxylic acids is 1. The Kier molecular flexibility index (Phi) is 5.24. The zero-order chi connectivity index (χ0) is 13.0. The molecule has 0 bridgehead atoms. The smallest absolute Gasteiger partial charge is 0.304 e. The molecule has 2 saturated carbocycles. The number of hydrogen-bond donors (Lipinski definition) is 2. The van der Waals surface area contributed by atoms with Crippen LogP contribution in [0.5, 0.6) is 0 Å². The molecule has 2 fully saturated rings. The number of amides is 1. The summed E-state index contributed by atoms with van der Waals surface area (Å²) in [5, 5.41) is 11.4. The second kappa shape index (κ2) is 6.70. The molecule has 2 unspecified atom stereocenters. The van der Waals surface area contributed by atoms with Crippen LogP contribution < -0.4 is 5.32 Å². The molecule has 0 saturated heterocycles. The number of fused-ring (bicyclic) bond motifs is 1. The Hall–Kier alpha value is -0.360. The van der Waals surface area contributed by atoms with E-state index in [1.54, 1.807) is 21.6 Å². The number of rotatable bonds is 8. The van der Waals surface area contributed by atoms with E-state index in [0.29, 0.717) is 30.1 Å². The molecule has 2 N–H and O–H groups in total. The molecule has 1 amide bonds. The lowest BCUT2D eigenvalue weighted by Gasteiger charge is -2.05. The van der Waals surface area contributed by atoms with Gasteiger partial charge in [-0.25, -0.2) is 0 Å². The molecule has 2 aliphatic rings. The van der Waals surface area contributed by atoms with Gasteiger partial charge in [0.25, 0.3) is 0 Å². The van der Waals surface area contributed by atoms with Gasteiger partial charge in [-0.15, -0.1) is 0 Å². The van der Waals surface area contributed by atoms with E-state index in [0.717, 1.165) is 5.75 Å². The highest BCUT2D eigenvalue weighted by atomic mass is 33.1. The summed E-state index contributed by atoms with van der Waals surface area (Å²) in [5.41, 5.74) is 0. The molecule has 0 aromatic carbocycles. The minimum Gasteiger partial charge on any atom is -0.481 e. The largest absolute Gasteiger partial charge is 0.481 e. The van der Waals surface area contributed by atoms with Gasteiger partial charge in [0.2, 0.25) is 5.91 Å². The summed E-state index contributed by atoms with van der Waals surface area (Å²) in [7, 11) is 3.19. The Morgan fingerprint density at radius 1 is 1.17 bits per heavy atom. The highest BCUT2D eigenvalue weighted by Crippen LogP contribution is 2.57. The standard InChI is InChI=1S/C12H19NO3S2/c14-10(15)4-6-17-18-7-5-13-12(16)11-8-2-1-3-9(8)11/h8-9,11H,1-7H2,(H,13,16)(H,14,15). The van der Waals surface area contributed by atoms with Gasteiger partial charge in [-0.05, 0) is 24.7 Å². The van der Waals surface area contributed by atoms with Crippen LogP contribution in [-0.2, 0) is 9.59 Å².